The van der Waals surface area contributed by atoms with E-state index in [9.17, 15) is 9.90 Å². The molecule has 0 amide bonds. The molecule has 0 atom stereocenters. The topological polar surface area (TPSA) is 57.5 Å². The molecular weight excluding hydrogens is 240 g/mol. The number of aliphatic hydroxyl groups excluding tert-OH is 1. The Labute approximate surface area is 113 Å². The van der Waals surface area contributed by atoms with Gasteiger partial charge in [0, 0.05) is 24.2 Å². The van der Waals surface area contributed by atoms with Gasteiger partial charge < -0.3 is 10.2 Å². The summed E-state index contributed by atoms with van der Waals surface area (Å²) in [5.41, 5.74) is 0.988. The molecule has 0 radical (unpaired) electrons. The van der Waals surface area contributed by atoms with Crippen molar-refractivity contribution < 1.29 is 15.0 Å². The SMILES string of the molecule is C=CCc1c(O)cccc1C(=O)C#CCCCCO. The Morgan fingerprint density at radius 1 is 1.37 bits per heavy atom. The molecule has 0 saturated heterocycles. The molecule has 0 aromatic heterocycles. The van der Waals surface area contributed by atoms with Crippen LogP contribution >= 0.6 is 0 Å². The number of phenols is 1. The van der Waals surface area contributed by atoms with Crippen molar-refractivity contribution in [2.45, 2.75) is 25.7 Å². The third-order valence-corrected chi connectivity index (χ3v) is 2.66. The molecule has 0 heterocycles. The number of benzene rings is 1. The number of Topliss-reactive ketones (excluding diaryl/α,β-unsaturated/α-hetero) is 1. The maximum Gasteiger partial charge on any atom is 0.236 e. The lowest BCUT2D eigenvalue weighted by molar-refractivity contribution is 0.105. The lowest BCUT2D eigenvalue weighted by atomic mass is 10.00. The fourth-order valence-electron chi connectivity index (χ4n) is 1.68. The minimum atomic E-state index is -0.295. The molecule has 2 N–H and O–H groups in total. The number of carbonyl (C=O) groups excluding carboxylic acids is 1. The zero-order chi connectivity index (χ0) is 14.1. The van der Waals surface area contributed by atoms with Crippen molar-refractivity contribution in [2.75, 3.05) is 6.61 Å². The van der Waals surface area contributed by atoms with Gasteiger partial charge in [-0.3, -0.25) is 4.79 Å². The number of unbranched alkanes of at least 4 members (excludes halogenated alkanes) is 2. The summed E-state index contributed by atoms with van der Waals surface area (Å²) in [5.74, 6) is 5.15. The average molecular weight is 258 g/mol. The third kappa shape index (κ3) is 4.61. The van der Waals surface area contributed by atoms with Crippen LogP contribution in [0.1, 0.15) is 35.2 Å². The molecule has 0 aliphatic rings. The van der Waals surface area contributed by atoms with Crippen LogP contribution in [0.4, 0.5) is 0 Å². The number of hydrogen-bond acceptors (Lipinski definition) is 3. The van der Waals surface area contributed by atoms with Crippen molar-refractivity contribution >= 4 is 5.78 Å². The van der Waals surface area contributed by atoms with E-state index >= 15 is 0 Å². The summed E-state index contributed by atoms with van der Waals surface area (Å²) in [4.78, 5) is 12.0. The van der Waals surface area contributed by atoms with Gasteiger partial charge in [-0.15, -0.1) is 6.58 Å². The van der Waals surface area contributed by atoms with E-state index in [1.807, 2.05) is 0 Å². The van der Waals surface area contributed by atoms with Crippen LogP contribution in [0, 0.1) is 11.8 Å². The van der Waals surface area contributed by atoms with Crippen LogP contribution in [0.3, 0.4) is 0 Å². The maximum absolute atomic E-state index is 12.0. The average Bonchev–Trinajstić information content (AvgIpc) is 2.41. The minimum absolute atomic E-state index is 0.0906. The van der Waals surface area contributed by atoms with E-state index in [1.165, 1.54) is 0 Å². The molecule has 3 heteroatoms. The van der Waals surface area contributed by atoms with Crippen LogP contribution in [0.5, 0.6) is 5.75 Å². The molecular formula is C16H18O3. The molecule has 19 heavy (non-hydrogen) atoms. The molecule has 0 spiro atoms. The Morgan fingerprint density at radius 3 is 2.84 bits per heavy atom. The van der Waals surface area contributed by atoms with Crippen LogP contribution < -0.4 is 0 Å². The first-order valence-electron chi connectivity index (χ1n) is 6.26. The van der Waals surface area contributed by atoms with Gasteiger partial charge in [0.2, 0.25) is 5.78 Å². The van der Waals surface area contributed by atoms with E-state index in [-0.39, 0.29) is 18.1 Å². The van der Waals surface area contributed by atoms with E-state index in [1.54, 1.807) is 24.3 Å². The largest absolute Gasteiger partial charge is 0.508 e. The second kappa shape index (κ2) is 8.12. The number of rotatable bonds is 6. The Bertz CT molecular complexity index is 506. The molecule has 3 nitrogen and oxygen atoms in total. The quantitative estimate of drug-likeness (QED) is 0.271. The second-order valence-corrected chi connectivity index (χ2v) is 4.11. The standard InChI is InChI=1S/C16H18O3/c1-2-8-13-14(9-7-11-16(13)19)15(18)10-5-3-4-6-12-17/h2,7,9,11,17,19H,1,3-4,6,8,12H2. The lowest BCUT2D eigenvalue weighted by Gasteiger charge is -2.05. The van der Waals surface area contributed by atoms with Gasteiger partial charge in [0.05, 0.1) is 0 Å². The first-order chi connectivity index (χ1) is 9.20. The number of allylic oxidation sites excluding steroid dienone is 1. The van der Waals surface area contributed by atoms with Crippen LogP contribution in [-0.2, 0) is 6.42 Å². The summed E-state index contributed by atoms with van der Waals surface area (Å²) in [6, 6.07) is 4.83. The Hall–Kier alpha value is -2.05. The Morgan fingerprint density at radius 2 is 2.16 bits per heavy atom. The molecule has 1 aromatic rings. The van der Waals surface area contributed by atoms with Crippen LogP contribution in [0.25, 0.3) is 0 Å². The normalized spacial score (nSPS) is 9.53. The first kappa shape index (κ1) is 15.0. The van der Waals surface area contributed by atoms with Crippen LogP contribution in [0.2, 0.25) is 0 Å². The molecule has 0 aliphatic heterocycles. The highest BCUT2D eigenvalue weighted by molar-refractivity contribution is 6.10. The number of carbonyl (C=O) groups is 1. The number of hydrogen-bond donors (Lipinski definition) is 2. The van der Waals surface area contributed by atoms with Crippen LogP contribution in [-0.4, -0.2) is 22.6 Å². The first-order valence-corrected chi connectivity index (χ1v) is 6.26. The van der Waals surface area contributed by atoms with Gasteiger partial charge in [-0.1, -0.05) is 18.1 Å². The molecule has 0 saturated carbocycles. The predicted molar refractivity (Wildman–Crippen MR) is 75.1 cm³/mol. The van der Waals surface area contributed by atoms with Crippen molar-refractivity contribution in [3.63, 3.8) is 0 Å². The number of aromatic hydroxyl groups is 1. The molecule has 0 bridgehead atoms. The highest BCUT2D eigenvalue weighted by Crippen LogP contribution is 2.22. The van der Waals surface area contributed by atoms with E-state index in [4.69, 9.17) is 5.11 Å². The maximum atomic E-state index is 12.0. The zero-order valence-electron chi connectivity index (χ0n) is 10.9. The van der Waals surface area contributed by atoms with E-state index in [2.05, 4.69) is 18.4 Å². The summed E-state index contributed by atoms with van der Waals surface area (Å²) < 4.78 is 0. The molecule has 100 valence electrons. The van der Waals surface area contributed by atoms with Crippen molar-refractivity contribution in [3.8, 4) is 17.6 Å². The second-order valence-electron chi connectivity index (χ2n) is 4.11. The van der Waals surface area contributed by atoms with E-state index in [0.29, 0.717) is 30.4 Å². The van der Waals surface area contributed by atoms with Gasteiger partial charge in [0.15, 0.2) is 0 Å². The zero-order valence-corrected chi connectivity index (χ0v) is 10.9. The number of aliphatic hydroxyl groups is 1. The molecule has 0 fully saturated rings. The van der Waals surface area contributed by atoms with Crippen molar-refractivity contribution in [1.82, 2.24) is 0 Å². The lowest BCUT2D eigenvalue weighted by Crippen LogP contribution is -2.01. The molecule has 1 aromatic carbocycles. The van der Waals surface area contributed by atoms with Crippen LogP contribution in [0.15, 0.2) is 30.9 Å². The van der Waals surface area contributed by atoms with Gasteiger partial charge in [0.1, 0.15) is 5.75 Å². The highest BCUT2D eigenvalue weighted by atomic mass is 16.3. The van der Waals surface area contributed by atoms with Crippen molar-refractivity contribution in [2.24, 2.45) is 0 Å². The molecule has 0 unspecified atom stereocenters. The van der Waals surface area contributed by atoms with Gasteiger partial charge >= 0.3 is 0 Å². The van der Waals surface area contributed by atoms with Crippen molar-refractivity contribution in [1.29, 1.82) is 0 Å². The summed E-state index contributed by atoms with van der Waals surface area (Å²) in [7, 11) is 0. The summed E-state index contributed by atoms with van der Waals surface area (Å²) >= 11 is 0. The minimum Gasteiger partial charge on any atom is -0.508 e. The summed E-state index contributed by atoms with van der Waals surface area (Å²) in [6.07, 6.45) is 4.12. The summed E-state index contributed by atoms with van der Waals surface area (Å²) in [5, 5.41) is 18.4. The van der Waals surface area contributed by atoms with E-state index < -0.39 is 0 Å². The number of phenolic OH excluding ortho intramolecular Hbond substituents is 1. The van der Waals surface area contributed by atoms with Gasteiger partial charge in [0.25, 0.3) is 0 Å². The van der Waals surface area contributed by atoms with Gasteiger partial charge in [-0.2, -0.15) is 0 Å². The van der Waals surface area contributed by atoms with E-state index in [0.717, 1.165) is 6.42 Å². The smallest absolute Gasteiger partial charge is 0.236 e. The molecule has 0 aliphatic carbocycles. The van der Waals surface area contributed by atoms with Crippen molar-refractivity contribution in [3.05, 3.63) is 42.0 Å². The molecule has 1 rings (SSSR count). The Kier molecular flexibility index (Phi) is 6.42. The monoisotopic (exact) mass is 258 g/mol. The third-order valence-electron chi connectivity index (χ3n) is 2.66. The van der Waals surface area contributed by atoms with Gasteiger partial charge in [-0.05, 0) is 37.3 Å². The van der Waals surface area contributed by atoms with Gasteiger partial charge in [-0.25, -0.2) is 0 Å². The fourth-order valence-corrected chi connectivity index (χ4v) is 1.68. The Balaban J connectivity index is 2.81. The number of ketones is 1. The fraction of sp³-hybridized carbons (Fsp3) is 0.312. The predicted octanol–water partition coefficient (Wildman–Crippen LogP) is 2.47. The highest BCUT2D eigenvalue weighted by Gasteiger charge is 2.11. The summed E-state index contributed by atoms with van der Waals surface area (Å²) in [6.45, 7) is 3.76.